The van der Waals surface area contributed by atoms with Crippen molar-refractivity contribution in [2.75, 3.05) is 0 Å². The second-order valence-electron chi connectivity index (χ2n) is 5.08. The Balaban J connectivity index is 1.97. The molecule has 1 nitrogen and oxygen atoms in total. The molecule has 0 atom stereocenters. The Kier molecular flexibility index (Phi) is 4.09. The first-order valence-electron chi connectivity index (χ1n) is 6.14. The number of rotatable bonds is 3. The maximum atomic E-state index is 6.52. The van der Waals surface area contributed by atoms with Crippen LogP contribution in [0.5, 0.6) is 0 Å². The fourth-order valence-corrected chi connectivity index (χ4v) is 4.26. The summed E-state index contributed by atoms with van der Waals surface area (Å²) in [6.45, 7) is 2.30. The summed E-state index contributed by atoms with van der Waals surface area (Å²) in [6.07, 6.45) is 7.37. The van der Waals surface area contributed by atoms with Crippen molar-refractivity contribution < 1.29 is 0 Å². The second kappa shape index (κ2) is 5.19. The number of hydrogen-bond acceptors (Lipinski definition) is 2. The number of halogens is 1. The van der Waals surface area contributed by atoms with Gasteiger partial charge in [-0.25, -0.2) is 0 Å². The fraction of sp³-hybridized carbons (Fsp3) is 0.692. The highest BCUT2D eigenvalue weighted by Gasteiger charge is 2.31. The Hall–Kier alpha value is 0.140. The normalized spacial score (nSPS) is 30.6. The van der Waals surface area contributed by atoms with Crippen LogP contribution in [0, 0.1) is 5.92 Å². The molecule has 0 bridgehead atoms. The molecule has 0 saturated heterocycles. The van der Waals surface area contributed by atoms with Crippen molar-refractivity contribution in [2.24, 2.45) is 11.7 Å². The lowest BCUT2D eigenvalue weighted by molar-refractivity contribution is 0.229. The predicted molar refractivity (Wildman–Crippen MR) is 74.9 cm³/mol. The minimum absolute atomic E-state index is 0.0546. The highest BCUT2D eigenvalue weighted by atomic mass is 79.9. The van der Waals surface area contributed by atoms with Gasteiger partial charge < -0.3 is 5.73 Å². The maximum absolute atomic E-state index is 6.52. The summed E-state index contributed by atoms with van der Waals surface area (Å²) in [5, 5.41) is 2.14. The minimum atomic E-state index is 0.0546. The standard InChI is InChI=1S/C13H20BrNS/c1-2-10-3-6-13(15,7-4-10)9-12-11(14)5-8-16-12/h5,8,10H,2-4,6-7,9,15H2,1H3. The number of nitrogens with two attached hydrogens (primary N) is 1. The van der Waals surface area contributed by atoms with E-state index in [1.807, 2.05) is 11.3 Å². The number of hydrogen-bond donors (Lipinski definition) is 1. The molecule has 1 aromatic heterocycles. The molecule has 16 heavy (non-hydrogen) atoms. The van der Waals surface area contributed by atoms with Crippen molar-refractivity contribution in [1.82, 2.24) is 0 Å². The highest BCUT2D eigenvalue weighted by molar-refractivity contribution is 9.10. The van der Waals surface area contributed by atoms with Crippen molar-refractivity contribution in [1.29, 1.82) is 0 Å². The van der Waals surface area contributed by atoms with Gasteiger partial charge in [0, 0.05) is 21.3 Å². The van der Waals surface area contributed by atoms with Crippen LogP contribution in [0.4, 0.5) is 0 Å². The minimum Gasteiger partial charge on any atom is -0.325 e. The molecule has 0 radical (unpaired) electrons. The smallest absolute Gasteiger partial charge is 0.0315 e. The van der Waals surface area contributed by atoms with Gasteiger partial charge in [-0.15, -0.1) is 11.3 Å². The third kappa shape index (κ3) is 2.88. The third-order valence-corrected chi connectivity index (χ3v) is 5.81. The maximum Gasteiger partial charge on any atom is 0.0315 e. The summed E-state index contributed by atoms with van der Waals surface area (Å²) >= 11 is 5.42. The van der Waals surface area contributed by atoms with Gasteiger partial charge in [-0.3, -0.25) is 0 Å². The summed E-state index contributed by atoms with van der Waals surface area (Å²) < 4.78 is 1.24. The van der Waals surface area contributed by atoms with Crippen LogP contribution in [-0.2, 0) is 6.42 Å². The molecule has 0 unspecified atom stereocenters. The van der Waals surface area contributed by atoms with E-state index in [9.17, 15) is 0 Å². The first-order valence-corrected chi connectivity index (χ1v) is 7.81. The summed E-state index contributed by atoms with van der Waals surface area (Å²) in [5.74, 6) is 0.920. The fourth-order valence-electron chi connectivity index (χ4n) is 2.61. The molecule has 0 spiro atoms. The van der Waals surface area contributed by atoms with E-state index in [-0.39, 0.29) is 5.54 Å². The van der Waals surface area contributed by atoms with Crippen molar-refractivity contribution in [2.45, 2.75) is 51.0 Å². The van der Waals surface area contributed by atoms with Gasteiger partial charge in [-0.1, -0.05) is 13.3 Å². The van der Waals surface area contributed by atoms with E-state index in [0.29, 0.717) is 0 Å². The van der Waals surface area contributed by atoms with Crippen LogP contribution in [0.15, 0.2) is 15.9 Å². The summed E-state index contributed by atoms with van der Waals surface area (Å²) in [7, 11) is 0. The lowest BCUT2D eigenvalue weighted by Crippen LogP contribution is -2.45. The van der Waals surface area contributed by atoms with Crippen LogP contribution in [-0.4, -0.2) is 5.54 Å². The van der Waals surface area contributed by atoms with Crippen molar-refractivity contribution in [3.63, 3.8) is 0 Å². The van der Waals surface area contributed by atoms with Crippen molar-refractivity contribution in [3.8, 4) is 0 Å². The van der Waals surface area contributed by atoms with Gasteiger partial charge >= 0.3 is 0 Å². The largest absolute Gasteiger partial charge is 0.325 e. The Labute approximate surface area is 111 Å². The zero-order valence-corrected chi connectivity index (χ0v) is 12.2. The van der Waals surface area contributed by atoms with Crippen molar-refractivity contribution >= 4 is 27.3 Å². The number of thiophene rings is 1. The summed E-state index contributed by atoms with van der Waals surface area (Å²) in [5.41, 5.74) is 6.58. The molecule has 2 rings (SSSR count). The topological polar surface area (TPSA) is 26.0 Å². The lowest BCUT2D eigenvalue weighted by Gasteiger charge is -2.37. The van der Waals surface area contributed by atoms with E-state index in [2.05, 4.69) is 34.3 Å². The molecule has 1 aliphatic rings. The van der Waals surface area contributed by atoms with Gasteiger partial charge in [0.25, 0.3) is 0 Å². The first kappa shape index (κ1) is 12.6. The van der Waals surface area contributed by atoms with Gasteiger partial charge in [0.05, 0.1) is 0 Å². The third-order valence-electron chi connectivity index (χ3n) is 3.88. The van der Waals surface area contributed by atoms with Gasteiger partial charge in [0.1, 0.15) is 0 Å². The molecule has 1 aromatic rings. The van der Waals surface area contributed by atoms with Crippen LogP contribution in [0.1, 0.15) is 43.9 Å². The quantitative estimate of drug-likeness (QED) is 0.882. The van der Waals surface area contributed by atoms with E-state index >= 15 is 0 Å². The zero-order chi connectivity index (χ0) is 11.6. The summed E-state index contributed by atoms with van der Waals surface area (Å²) in [4.78, 5) is 1.41. The molecule has 3 heteroatoms. The molecule has 1 aliphatic carbocycles. The van der Waals surface area contributed by atoms with E-state index < -0.39 is 0 Å². The molecule has 1 saturated carbocycles. The Morgan fingerprint density at radius 2 is 2.19 bits per heavy atom. The van der Waals surface area contributed by atoms with Gasteiger partial charge in [-0.05, 0) is 59.0 Å². The van der Waals surface area contributed by atoms with Crippen LogP contribution >= 0.6 is 27.3 Å². The average Bonchev–Trinajstić information content (AvgIpc) is 2.65. The van der Waals surface area contributed by atoms with E-state index in [1.54, 1.807) is 0 Å². The van der Waals surface area contributed by atoms with Gasteiger partial charge in [0.15, 0.2) is 0 Å². The molecule has 0 amide bonds. The first-order chi connectivity index (χ1) is 7.63. The molecular weight excluding hydrogens is 282 g/mol. The lowest BCUT2D eigenvalue weighted by atomic mass is 9.74. The predicted octanol–water partition coefficient (Wildman–Crippen LogP) is 4.35. The molecule has 0 aliphatic heterocycles. The Morgan fingerprint density at radius 3 is 2.69 bits per heavy atom. The van der Waals surface area contributed by atoms with Crippen LogP contribution in [0.25, 0.3) is 0 Å². The second-order valence-corrected chi connectivity index (χ2v) is 6.94. The average molecular weight is 302 g/mol. The van der Waals surface area contributed by atoms with Gasteiger partial charge in [0.2, 0.25) is 0 Å². The van der Waals surface area contributed by atoms with E-state index in [4.69, 9.17) is 5.73 Å². The van der Waals surface area contributed by atoms with Crippen LogP contribution in [0.3, 0.4) is 0 Å². The molecule has 1 heterocycles. The molecule has 0 aromatic carbocycles. The van der Waals surface area contributed by atoms with Crippen LogP contribution < -0.4 is 5.73 Å². The zero-order valence-electron chi connectivity index (χ0n) is 9.84. The molecule has 1 fully saturated rings. The van der Waals surface area contributed by atoms with Crippen molar-refractivity contribution in [3.05, 3.63) is 20.8 Å². The monoisotopic (exact) mass is 301 g/mol. The van der Waals surface area contributed by atoms with Gasteiger partial charge in [-0.2, -0.15) is 0 Å². The molecular formula is C13H20BrNS. The molecule has 90 valence electrons. The van der Waals surface area contributed by atoms with E-state index in [1.165, 1.54) is 41.5 Å². The SMILES string of the molecule is CCC1CCC(N)(Cc2sccc2Br)CC1. The Morgan fingerprint density at radius 1 is 1.50 bits per heavy atom. The van der Waals surface area contributed by atoms with Crippen LogP contribution in [0.2, 0.25) is 0 Å². The molecule has 2 N–H and O–H groups in total. The van der Waals surface area contributed by atoms with E-state index in [0.717, 1.165) is 12.3 Å². The highest BCUT2D eigenvalue weighted by Crippen LogP contribution is 2.36. The Bertz CT molecular complexity index is 339. The summed E-state index contributed by atoms with van der Waals surface area (Å²) in [6, 6.07) is 2.13.